The van der Waals surface area contributed by atoms with Gasteiger partial charge in [0.2, 0.25) is 6.41 Å². The second-order valence-electron chi connectivity index (χ2n) is 4.73. The number of nitrogens with zero attached hydrogens (tertiary/aromatic N) is 1. The van der Waals surface area contributed by atoms with Crippen molar-refractivity contribution in [2.24, 2.45) is 0 Å². The van der Waals surface area contributed by atoms with Crippen molar-refractivity contribution in [2.75, 3.05) is 4.90 Å². The molecule has 0 saturated carbocycles. The number of anilines is 1. The molecule has 0 aliphatic carbocycles. The molecular weight excluding hydrogens is 354 g/mol. The topological polar surface area (TPSA) is 40.5 Å². The van der Waals surface area contributed by atoms with E-state index in [0.29, 0.717) is 10.7 Å². The van der Waals surface area contributed by atoms with Gasteiger partial charge in [-0.3, -0.25) is 4.79 Å². The highest BCUT2D eigenvalue weighted by Crippen LogP contribution is 2.27. The first-order chi connectivity index (χ1) is 10.0. The molecule has 1 N–H and O–H groups in total. The van der Waals surface area contributed by atoms with E-state index in [0.717, 1.165) is 16.4 Å². The molecule has 21 heavy (non-hydrogen) atoms. The number of hydrogen-bond donors (Lipinski definition) is 1. The summed E-state index contributed by atoms with van der Waals surface area (Å²) in [7, 11) is 0. The van der Waals surface area contributed by atoms with Crippen molar-refractivity contribution in [3.05, 3.63) is 63.6 Å². The van der Waals surface area contributed by atoms with Gasteiger partial charge in [-0.25, -0.2) is 0 Å². The van der Waals surface area contributed by atoms with Gasteiger partial charge in [-0.2, -0.15) is 0 Å². The maximum atomic E-state index is 11.4. The molecule has 2 atom stereocenters. The van der Waals surface area contributed by atoms with E-state index in [1.165, 1.54) is 4.90 Å². The number of halogens is 2. The van der Waals surface area contributed by atoms with Gasteiger partial charge in [-0.15, -0.1) is 0 Å². The minimum absolute atomic E-state index is 0.405. The fraction of sp³-hybridized carbons (Fsp3) is 0.188. The van der Waals surface area contributed by atoms with Crippen LogP contribution in [0.15, 0.2) is 53.0 Å². The standard InChI is InChI=1S/C16H15BrClNO2/c1-11(16(21)12-3-2-4-13(17)9-12)19(10-20)15-7-5-14(18)6-8-15/h2-11,16,21H,1H3. The number of carbonyl (C=O) groups is 1. The first-order valence-electron chi connectivity index (χ1n) is 6.45. The average molecular weight is 369 g/mol. The van der Waals surface area contributed by atoms with Crippen LogP contribution in [0.2, 0.25) is 5.02 Å². The van der Waals surface area contributed by atoms with Crippen LogP contribution in [-0.4, -0.2) is 17.6 Å². The molecular formula is C16H15BrClNO2. The Kier molecular flexibility index (Phi) is 5.39. The van der Waals surface area contributed by atoms with Gasteiger partial charge >= 0.3 is 0 Å². The van der Waals surface area contributed by atoms with Crippen LogP contribution in [0.3, 0.4) is 0 Å². The van der Waals surface area contributed by atoms with Crippen molar-refractivity contribution in [1.82, 2.24) is 0 Å². The van der Waals surface area contributed by atoms with Crippen LogP contribution in [0.25, 0.3) is 0 Å². The summed E-state index contributed by atoms with van der Waals surface area (Å²) in [5, 5.41) is 11.1. The Balaban J connectivity index is 2.25. The molecule has 110 valence electrons. The fourth-order valence-electron chi connectivity index (χ4n) is 2.13. The Morgan fingerprint density at radius 3 is 2.48 bits per heavy atom. The highest BCUT2D eigenvalue weighted by Gasteiger charge is 2.23. The molecule has 2 aromatic rings. The molecule has 2 unspecified atom stereocenters. The summed E-state index contributed by atoms with van der Waals surface area (Å²) in [6.07, 6.45) is -0.0712. The van der Waals surface area contributed by atoms with Crippen LogP contribution in [-0.2, 0) is 4.79 Å². The van der Waals surface area contributed by atoms with Gasteiger partial charge in [-0.05, 0) is 48.9 Å². The lowest BCUT2D eigenvalue weighted by Crippen LogP contribution is -2.36. The molecule has 0 radical (unpaired) electrons. The van der Waals surface area contributed by atoms with Crippen LogP contribution < -0.4 is 4.90 Å². The first-order valence-corrected chi connectivity index (χ1v) is 7.62. The summed E-state index contributed by atoms with van der Waals surface area (Å²) in [6, 6.07) is 13.9. The summed E-state index contributed by atoms with van der Waals surface area (Å²) in [4.78, 5) is 12.9. The molecule has 2 rings (SSSR count). The molecule has 2 aromatic carbocycles. The molecule has 0 saturated heterocycles. The zero-order valence-corrected chi connectivity index (χ0v) is 13.8. The fourth-order valence-corrected chi connectivity index (χ4v) is 2.67. The molecule has 5 heteroatoms. The lowest BCUT2D eigenvalue weighted by molar-refractivity contribution is -0.108. The zero-order valence-electron chi connectivity index (χ0n) is 11.4. The molecule has 1 amide bonds. The first kappa shape index (κ1) is 16.0. The summed E-state index contributed by atoms with van der Waals surface area (Å²) in [6.45, 7) is 1.80. The van der Waals surface area contributed by atoms with E-state index >= 15 is 0 Å². The van der Waals surface area contributed by atoms with Crippen molar-refractivity contribution >= 4 is 39.6 Å². The monoisotopic (exact) mass is 367 g/mol. The third kappa shape index (κ3) is 3.84. The number of amides is 1. The summed E-state index contributed by atoms with van der Waals surface area (Å²) in [5.41, 5.74) is 1.44. The van der Waals surface area contributed by atoms with Crippen molar-refractivity contribution in [2.45, 2.75) is 19.1 Å². The third-order valence-corrected chi connectivity index (χ3v) is 4.07. The van der Waals surface area contributed by atoms with Crippen LogP contribution >= 0.6 is 27.5 Å². The van der Waals surface area contributed by atoms with E-state index in [4.69, 9.17) is 11.6 Å². The lowest BCUT2D eigenvalue weighted by Gasteiger charge is -2.29. The van der Waals surface area contributed by atoms with Crippen LogP contribution in [0, 0.1) is 0 Å². The van der Waals surface area contributed by atoms with Crippen molar-refractivity contribution in [1.29, 1.82) is 0 Å². The predicted octanol–water partition coefficient (Wildman–Crippen LogP) is 4.19. The predicted molar refractivity (Wildman–Crippen MR) is 88.6 cm³/mol. The average Bonchev–Trinajstić information content (AvgIpc) is 2.49. The Morgan fingerprint density at radius 2 is 1.90 bits per heavy atom. The third-order valence-electron chi connectivity index (χ3n) is 3.32. The normalized spacial score (nSPS) is 13.5. The van der Waals surface area contributed by atoms with E-state index in [-0.39, 0.29) is 0 Å². The van der Waals surface area contributed by atoms with Gasteiger partial charge in [0, 0.05) is 15.2 Å². The quantitative estimate of drug-likeness (QED) is 0.804. The van der Waals surface area contributed by atoms with Crippen LogP contribution in [0.5, 0.6) is 0 Å². The van der Waals surface area contributed by atoms with Gasteiger partial charge in [0.1, 0.15) is 0 Å². The Bertz CT molecular complexity index is 618. The molecule has 0 aliphatic heterocycles. The van der Waals surface area contributed by atoms with Crippen molar-refractivity contribution in [3.8, 4) is 0 Å². The van der Waals surface area contributed by atoms with Gasteiger partial charge in [-0.1, -0.05) is 39.7 Å². The van der Waals surface area contributed by atoms with E-state index in [1.54, 1.807) is 31.2 Å². The second kappa shape index (κ2) is 7.07. The molecule has 0 aromatic heterocycles. The number of aliphatic hydroxyl groups is 1. The van der Waals surface area contributed by atoms with Gasteiger partial charge in [0.15, 0.2) is 0 Å². The zero-order chi connectivity index (χ0) is 15.4. The SMILES string of the molecule is CC(C(O)c1cccc(Br)c1)N(C=O)c1ccc(Cl)cc1. The number of hydrogen-bond acceptors (Lipinski definition) is 2. The molecule has 0 heterocycles. The Morgan fingerprint density at radius 1 is 1.24 bits per heavy atom. The molecule has 0 fully saturated rings. The van der Waals surface area contributed by atoms with E-state index in [2.05, 4.69) is 15.9 Å². The van der Waals surface area contributed by atoms with Crippen LogP contribution in [0.4, 0.5) is 5.69 Å². The highest BCUT2D eigenvalue weighted by molar-refractivity contribution is 9.10. The minimum Gasteiger partial charge on any atom is -0.386 e. The minimum atomic E-state index is -0.789. The second-order valence-corrected chi connectivity index (χ2v) is 6.08. The van der Waals surface area contributed by atoms with E-state index in [9.17, 15) is 9.90 Å². The van der Waals surface area contributed by atoms with E-state index < -0.39 is 12.1 Å². The van der Waals surface area contributed by atoms with Crippen molar-refractivity contribution < 1.29 is 9.90 Å². The maximum absolute atomic E-state index is 11.4. The summed E-state index contributed by atoms with van der Waals surface area (Å²) < 4.78 is 0.885. The summed E-state index contributed by atoms with van der Waals surface area (Å²) >= 11 is 9.23. The number of benzene rings is 2. The molecule has 0 spiro atoms. The maximum Gasteiger partial charge on any atom is 0.214 e. The molecule has 0 aliphatic rings. The number of aliphatic hydroxyl groups excluding tert-OH is 1. The van der Waals surface area contributed by atoms with Gasteiger partial charge in [0.05, 0.1) is 12.1 Å². The largest absolute Gasteiger partial charge is 0.386 e. The lowest BCUT2D eigenvalue weighted by atomic mass is 10.0. The van der Waals surface area contributed by atoms with Crippen molar-refractivity contribution in [3.63, 3.8) is 0 Å². The molecule has 0 bridgehead atoms. The number of rotatable bonds is 5. The number of carbonyl (C=O) groups excluding carboxylic acids is 1. The summed E-state index contributed by atoms with van der Waals surface area (Å²) in [5.74, 6) is 0. The van der Waals surface area contributed by atoms with Crippen LogP contribution in [0.1, 0.15) is 18.6 Å². The molecule has 3 nitrogen and oxygen atoms in total. The highest BCUT2D eigenvalue weighted by atomic mass is 79.9. The van der Waals surface area contributed by atoms with E-state index in [1.807, 2.05) is 24.3 Å². The Hall–Kier alpha value is -1.36. The smallest absolute Gasteiger partial charge is 0.214 e. The van der Waals surface area contributed by atoms with Gasteiger partial charge in [0.25, 0.3) is 0 Å². The van der Waals surface area contributed by atoms with Gasteiger partial charge < -0.3 is 10.0 Å². The Labute approximate surface area is 137 Å².